The second-order valence-corrected chi connectivity index (χ2v) is 8.32. The predicted molar refractivity (Wildman–Crippen MR) is 123 cm³/mol. The molecule has 1 aliphatic carbocycles. The van der Waals surface area contributed by atoms with Crippen LogP contribution in [0.5, 0.6) is 5.75 Å². The monoisotopic (exact) mass is 449 g/mol. The molecule has 0 bridgehead atoms. The van der Waals surface area contributed by atoms with Crippen LogP contribution in [0.15, 0.2) is 24.3 Å². The maximum atomic E-state index is 12.6. The number of carboxylic acids is 1. The Kier molecular flexibility index (Phi) is 11.9. The average Bonchev–Trinajstić information content (AvgIpc) is 3.29. The molecule has 7 heteroatoms. The average molecular weight is 450 g/mol. The Labute approximate surface area is 192 Å². The molecule has 32 heavy (non-hydrogen) atoms. The Morgan fingerprint density at radius 1 is 1.06 bits per heavy atom. The van der Waals surface area contributed by atoms with Crippen molar-refractivity contribution >= 4 is 12.1 Å². The highest BCUT2D eigenvalue weighted by molar-refractivity contribution is 5.72. The fourth-order valence-corrected chi connectivity index (χ4v) is 3.88. The molecule has 0 radical (unpaired) electrons. The van der Waals surface area contributed by atoms with Gasteiger partial charge in [-0.15, -0.1) is 0 Å². The van der Waals surface area contributed by atoms with Crippen molar-refractivity contribution in [3.63, 3.8) is 0 Å². The van der Waals surface area contributed by atoms with Crippen LogP contribution in [0.4, 0.5) is 4.79 Å². The molecule has 1 atom stereocenters. The van der Waals surface area contributed by atoms with E-state index >= 15 is 0 Å². The second-order valence-electron chi connectivity index (χ2n) is 8.32. The molecule has 1 saturated carbocycles. The van der Waals surface area contributed by atoms with Crippen LogP contribution in [0.1, 0.15) is 70.8 Å². The van der Waals surface area contributed by atoms with Gasteiger partial charge in [-0.1, -0.05) is 38.3 Å². The molecule has 1 fully saturated rings. The molecular formula is C25H39NO6. The van der Waals surface area contributed by atoms with Gasteiger partial charge >= 0.3 is 12.1 Å². The van der Waals surface area contributed by atoms with Gasteiger partial charge in [0.25, 0.3) is 0 Å². The van der Waals surface area contributed by atoms with Crippen LogP contribution in [0.25, 0.3) is 0 Å². The maximum absolute atomic E-state index is 12.6. The Hall–Kier alpha value is -2.28. The Bertz CT molecular complexity index is 672. The summed E-state index contributed by atoms with van der Waals surface area (Å²) < 4.78 is 16.8. The summed E-state index contributed by atoms with van der Waals surface area (Å²) in [5, 5.41) is 9.22. The highest BCUT2D eigenvalue weighted by atomic mass is 16.6. The van der Waals surface area contributed by atoms with Gasteiger partial charge in [0.1, 0.15) is 18.5 Å². The first-order chi connectivity index (χ1) is 15.5. The van der Waals surface area contributed by atoms with Crippen molar-refractivity contribution in [2.75, 3.05) is 26.3 Å². The fraction of sp³-hybridized carbons (Fsp3) is 0.680. The fourth-order valence-electron chi connectivity index (χ4n) is 3.88. The molecule has 0 spiro atoms. The van der Waals surface area contributed by atoms with E-state index in [2.05, 4.69) is 6.92 Å². The van der Waals surface area contributed by atoms with E-state index in [1.54, 1.807) is 11.8 Å². The highest BCUT2D eigenvalue weighted by Gasteiger charge is 2.23. The number of hydrogen-bond acceptors (Lipinski definition) is 5. The van der Waals surface area contributed by atoms with Gasteiger partial charge in [0.15, 0.2) is 6.10 Å². The largest absolute Gasteiger partial charge is 0.492 e. The lowest BCUT2D eigenvalue weighted by atomic mass is 10.1. The summed E-state index contributed by atoms with van der Waals surface area (Å²) in [5.41, 5.74) is 0.871. The first-order valence-electron chi connectivity index (χ1n) is 12.0. The van der Waals surface area contributed by atoms with Crippen molar-refractivity contribution < 1.29 is 28.9 Å². The third-order valence-corrected chi connectivity index (χ3v) is 5.73. The molecular weight excluding hydrogens is 410 g/mol. The molecule has 1 amide bonds. The number of rotatable bonds is 15. The van der Waals surface area contributed by atoms with Gasteiger partial charge in [-0.05, 0) is 56.7 Å². The minimum atomic E-state index is -0.962. The van der Waals surface area contributed by atoms with E-state index in [9.17, 15) is 14.7 Å². The number of hydrogen-bond donors (Lipinski definition) is 1. The molecule has 0 saturated heterocycles. The zero-order valence-corrected chi connectivity index (χ0v) is 19.6. The summed E-state index contributed by atoms with van der Waals surface area (Å²) in [5.74, 6) is -0.275. The molecule has 1 aliphatic rings. The predicted octanol–water partition coefficient (Wildman–Crippen LogP) is 5.06. The zero-order valence-electron chi connectivity index (χ0n) is 19.6. The Morgan fingerprint density at radius 3 is 2.41 bits per heavy atom. The van der Waals surface area contributed by atoms with Gasteiger partial charge in [-0.25, -0.2) is 9.59 Å². The van der Waals surface area contributed by atoms with Crippen molar-refractivity contribution in [3.05, 3.63) is 29.8 Å². The van der Waals surface area contributed by atoms with Crippen LogP contribution >= 0.6 is 0 Å². The number of carbonyl (C=O) groups is 2. The van der Waals surface area contributed by atoms with E-state index in [1.807, 2.05) is 24.3 Å². The van der Waals surface area contributed by atoms with Crippen molar-refractivity contribution in [2.24, 2.45) is 0 Å². The van der Waals surface area contributed by atoms with Crippen LogP contribution in [0, 0.1) is 0 Å². The van der Waals surface area contributed by atoms with Gasteiger partial charge in [0.2, 0.25) is 0 Å². The molecule has 0 aliphatic heterocycles. The molecule has 1 N–H and O–H groups in total. The SMILES string of the molecule is CCCCCCN(CCOc1ccc(CC(OCC)C(=O)O)cc1)C(=O)OC1CCCC1. The van der Waals surface area contributed by atoms with E-state index in [0.29, 0.717) is 38.5 Å². The van der Waals surface area contributed by atoms with Crippen LogP contribution in [0.2, 0.25) is 0 Å². The lowest BCUT2D eigenvalue weighted by Crippen LogP contribution is -2.37. The quantitative estimate of drug-likeness (QED) is 0.377. The summed E-state index contributed by atoms with van der Waals surface area (Å²) in [6, 6.07) is 7.34. The van der Waals surface area contributed by atoms with E-state index < -0.39 is 12.1 Å². The van der Waals surface area contributed by atoms with Gasteiger partial charge < -0.3 is 24.2 Å². The normalized spacial score (nSPS) is 14.8. The first-order valence-corrected chi connectivity index (χ1v) is 12.0. The van der Waals surface area contributed by atoms with Crippen molar-refractivity contribution in [3.8, 4) is 5.75 Å². The summed E-state index contributed by atoms with van der Waals surface area (Å²) in [6.45, 7) is 5.85. The highest BCUT2D eigenvalue weighted by Crippen LogP contribution is 2.22. The molecule has 2 rings (SSSR count). The van der Waals surface area contributed by atoms with Gasteiger partial charge in [0.05, 0.1) is 6.54 Å². The Balaban J connectivity index is 1.82. The molecule has 0 aromatic heterocycles. The summed E-state index contributed by atoms with van der Waals surface area (Å²) >= 11 is 0. The van der Waals surface area contributed by atoms with Crippen molar-refractivity contribution in [2.45, 2.75) is 83.8 Å². The van der Waals surface area contributed by atoms with E-state index in [4.69, 9.17) is 14.2 Å². The van der Waals surface area contributed by atoms with Crippen LogP contribution in [-0.2, 0) is 20.7 Å². The van der Waals surface area contributed by atoms with Crippen molar-refractivity contribution in [1.29, 1.82) is 0 Å². The van der Waals surface area contributed by atoms with E-state index in [1.165, 1.54) is 6.42 Å². The molecule has 0 heterocycles. The third-order valence-electron chi connectivity index (χ3n) is 5.73. The number of ether oxygens (including phenoxy) is 3. The third kappa shape index (κ3) is 9.47. The van der Waals surface area contributed by atoms with Gasteiger partial charge in [0, 0.05) is 19.6 Å². The number of carboxylic acid groups (broad SMARTS) is 1. The minimum Gasteiger partial charge on any atom is -0.492 e. The van der Waals surface area contributed by atoms with E-state index in [0.717, 1.165) is 50.5 Å². The number of unbranched alkanes of at least 4 members (excludes halogenated alkanes) is 3. The zero-order chi connectivity index (χ0) is 23.2. The second kappa shape index (κ2) is 14.7. The molecule has 1 aromatic carbocycles. The summed E-state index contributed by atoms with van der Waals surface area (Å²) in [6.07, 6.45) is 7.86. The minimum absolute atomic E-state index is 0.0559. The lowest BCUT2D eigenvalue weighted by molar-refractivity contribution is -0.149. The smallest absolute Gasteiger partial charge is 0.410 e. The topological polar surface area (TPSA) is 85.3 Å². The number of amides is 1. The molecule has 1 unspecified atom stereocenters. The molecule has 1 aromatic rings. The van der Waals surface area contributed by atoms with Crippen LogP contribution in [0.3, 0.4) is 0 Å². The summed E-state index contributed by atoms with van der Waals surface area (Å²) in [4.78, 5) is 25.7. The number of nitrogens with zero attached hydrogens (tertiary/aromatic N) is 1. The first kappa shape index (κ1) is 26.0. The van der Waals surface area contributed by atoms with E-state index in [-0.39, 0.29) is 12.2 Å². The van der Waals surface area contributed by atoms with Gasteiger partial charge in [-0.2, -0.15) is 0 Å². The van der Waals surface area contributed by atoms with Crippen LogP contribution in [-0.4, -0.2) is 60.6 Å². The van der Waals surface area contributed by atoms with Crippen LogP contribution < -0.4 is 4.74 Å². The van der Waals surface area contributed by atoms with Crippen molar-refractivity contribution in [1.82, 2.24) is 4.90 Å². The number of aliphatic carboxylic acids is 1. The lowest BCUT2D eigenvalue weighted by Gasteiger charge is -2.24. The number of benzene rings is 1. The summed E-state index contributed by atoms with van der Waals surface area (Å²) in [7, 11) is 0. The molecule has 180 valence electrons. The van der Waals surface area contributed by atoms with Gasteiger partial charge in [-0.3, -0.25) is 0 Å². The molecule has 7 nitrogen and oxygen atoms in total. The Morgan fingerprint density at radius 2 is 1.78 bits per heavy atom. The standard InChI is InChI=1S/C25H39NO6/c1-3-5-6-9-16-26(25(29)32-22-10-7-8-11-22)17-18-31-21-14-12-20(13-15-21)19-23(24(27)28)30-4-2/h12-15,22-23H,3-11,16-19H2,1-2H3,(H,27,28). The number of carbonyl (C=O) groups excluding carboxylic acids is 1. The maximum Gasteiger partial charge on any atom is 0.410 e.